The Bertz CT molecular complexity index is 426. The summed E-state index contributed by atoms with van der Waals surface area (Å²) < 4.78 is 22.8. The van der Waals surface area contributed by atoms with E-state index in [1.54, 1.807) is 33.8 Å². The van der Waals surface area contributed by atoms with Gasteiger partial charge in [0.25, 0.3) is 0 Å². The van der Waals surface area contributed by atoms with Gasteiger partial charge in [-0.3, -0.25) is 0 Å². The smallest absolute Gasteiger partial charge is 0.164 e. The van der Waals surface area contributed by atoms with Crippen molar-refractivity contribution >= 4 is 0 Å². The normalized spacial score (nSPS) is 39.8. The summed E-state index contributed by atoms with van der Waals surface area (Å²) in [5, 5.41) is 18.8. The van der Waals surface area contributed by atoms with Gasteiger partial charge in [-0.05, 0) is 33.8 Å². The Morgan fingerprint density at radius 3 is 2.40 bits per heavy atom. The molecule has 2 fully saturated rings. The zero-order valence-corrected chi connectivity index (χ0v) is 12.2. The molecule has 0 saturated carbocycles. The van der Waals surface area contributed by atoms with Gasteiger partial charge >= 0.3 is 0 Å². The minimum Gasteiger partial charge on any atom is -0.388 e. The minimum absolute atomic E-state index is 0.173. The Labute approximate surface area is 118 Å². The van der Waals surface area contributed by atoms with Gasteiger partial charge in [0.2, 0.25) is 0 Å². The number of hydrogen-bond donors (Lipinski definition) is 1. The number of nitrogens with zero attached hydrogens (tertiary/aromatic N) is 1. The second-order valence-corrected chi connectivity index (χ2v) is 5.91. The quantitative estimate of drug-likeness (QED) is 0.764. The molecule has 0 aromatic carbocycles. The first kappa shape index (κ1) is 15.4. The molecule has 4 atom stereocenters. The third-order valence-electron chi connectivity index (χ3n) is 3.25. The number of aliphatic hydroxyl groups is 1. The first-order chi connectivity index (χ1) is 9.24. The Balaban J connectivity index is 2.19. The maximum Gasteiger partial charge on any atom is 0.164 e. The molecule has 2 aliphatic rings. The molecule has 20 heavy (non-hydrogen) atoms. The van der Waals surface area contributed by atoms with E-state index in [0.29, 0.717) is 0 Å². The van der Waals surface area contributed by atoms with Crippen LogP contribution >= 0.6 is 0 Å². The molecule has 0 aromatic heterocycles. The van der Waals surface area contributed by atoms with E-state index < -0.39 is 36.0 Å². The third-order valence-corrected chi connectivity index (χ3v) is 3.25. The van der Waals surface area contributed by atoms with Gasteiger partial charge in [0.1, 0.15) is 24.4 Å². The van der Waals surface area contributed by atoms with Crippen molar-refractivity contribution in [3.63, 3.8) is 0 Å². The van der Waals surface area contributed by atoms with Crippen LogP contribution in [0.3, 0.4) is 0 Å². The zero-order chi connectivity index (χ0) is 15.0. The van der Waals surface area contributed by atoms with Gasteiger partial charge in [-0.2, -0.15) is 5.26 Å². The van der Waals surface area contributed by atoms with E-state index in [9.17, 15) is 5.11 Å². The molecule has 2 rings (SSSR count). The minimum atomic E-state index is -0.802. The fraction of sp³-hybridized carbons (Fsp3) is 0.786. The largest absolute Gasteiger partial charge is 0.388 e. The van der Waals surface area contributed by atoms with Gasteiger partial charge in [-0.25, -0.2) is 0 Å². The van der Waals surface area contributed by atoms with Crippen LogP contribution in [-0.4, -0.2) is 47.7 Å². The van der Waals surface area contributed by atoms with E-state index in [-0.39, 0.29) is 6.61 Å². The number of nitriles is 1. The number of ether oxygens (including phenoxy) is 4. The monoisotopic (exact) mass is 283 g/mol. The van der Waals surface area contributed by atoms with E-state index >= 15 is 0 Å². The van der Waals surface area contributed by atoms with E-state index in [0.717, 1.165) is 0 Å². The van der Waals surface area contributed by atoms with Crippen LogP contribution in [0.1, 0.15) is 27.7 Å². The number of rotatable bonds is 2. The van der Waals surface area contributed by atoms with Crippen LogP contribution in [0.4, 0.5) is 0 Å². The summed E-state index contributed by atoms with van der Waals surface area (Å²) in [6.45, 7) is 7.32. The fourth-order valence-electron chi connectivity index (χ4n) is 2.47. The predicted octanol–water partition coefficient (Wildman–Crippen LogP) is 1.10. The fourth-order valence-corrected chi connectivity index (χ4v) is 2.47. The molecule has 0 spiro atoms. The summed E-state index contributed by atoms with van der Waals surface area (Å²) in [6.07, 6.45) is 0.653. The standard InChI is InChI=1S/C14H21NO5/c1-13(2)17-8-9(16)11(19-13)12-10(6-5-7-15)18-14(3,4)20-12/h5-6,9-12,16H,8H2,1-4H3/b6-5-/t9-,10-,11-,12-/m1/s1. The maximum absolute atomic E-state index is 10.1. The van der Waals surface area contributed by atoms with Gasteiger partial charge in [0.05, 0.1) is 12.7 Å². The van der Waals surface area contributed by atoms with Crippen molar-refractivity contribution in [2.24, 2.45) is 0 Å². The van der Waals surface area contributed by atoms with Crippen LogP contribution in [0, 0.1) is 11.3 Å². The highest BCUT2D eigenvalue weighted by Crippen LogP contribution is 2.36. The van der Waals surface area contributed by atoms with Crippen LogP contribution in [0.5, 0.6) is 0 Å². The van der Waals surface area contributed by atoms with Crippen molar-refractivity contribution in [2.75, 3.05) is 6.61 Å². The Kier molecular flexibility index (Phi) is 4.19. The van der Waals surface area contributed by atoms with E-state index in [1.165, 1.54) is 6.08 Å². The summed E-state index contributed by atoms with van der Waals surface area (Å²) in [5.41, 5.74) is 0. The zero-order valence-electron chi connectivity index (χ0n) is 12.2. The van der Waals surface area contributed by atoms with E-state index in [4.69, 9.17) is 24.2 Å². The first-order valence-electron chi connectivity index (χ1n) is 6.66. The molecule has 2 aliphatic heterocycles. The average Bonchev–Trinajstić information content (AvgIpc) is 2.65. The molecule has 6 nitrogen and oxygen atoms in total. The number of hydrogen-bond acceptors (Lipinski definition) is 6. The van der Waals surface area contributed by atoms with Crippen LogP contribution in [0.25, 0.3) is 0 Å². The Hall–Kier alpha value is -0.970. The molecule has 0 aromatic rings. The Morgan fingerprint density at radius 1 is 1.10 bits per heavy atom. The lowest BCUT2D eigenvalue weighted by molar-refractivity contribution is -0.322. The molecule has 0 aliphatic carbocycles. The molecule has 0 radical (unpaired) electrons. The van der Waals surface area contributed by atoms with Gasteiger partial charge < -0.3 is 24.1 Å². The molecule has 1 N–H and O–H groups in total. The van der Waals surface area contributed by atoms with Crippen LogP contribution in [0.15, 0.2) is 12.2 Å². The molecule has 0 amide bonds. The number of aliphatic hydroxyl groups excluding tert-OH is 1. The van der Waals surface area contributed by atoms with Gasteiger partial charge in [-0.15, -0.1) is 0 Å². The van der Waals surface area contributed by atoms with Gasteiger partial charge in [0.15, 0.2) is 11.6 Å². The van der Waals surface area contributed by atoms with Crippen molar-refractivity contribution in [3.8, 4) is 6.07 Å². The van der Waals surface area contributed by atoms with Gasteiger partial charge in [0, 0.05) is 6.08 Å². The molecular formula is C14H21NO5. The van der Waals surface area contributed by atoms with Crippen LogP contribution in [-0.2, 0) is 18.9 Å². The topological polar surface area (TPSA) is 80.9 Å². The summed E-state index contributed by atoms with van der Waals surface area (Å²) in [6, 6.07) is 1.93. The van der Waals surface area contributed by atoms with Crippen molar-refractivity contribution < 1.29 is 24.1 Å². The lowest BCUT2D eigenvalue weighted by atomic mass is 10.0. The third kappa shape index (κ3) is 3.37. The van der Waals surface area contributed by atoms with Gasteiger partial charge in [-0.1, -0.05) is 0 Å². The molecule has 2 heterocycles. The van der Waals surface area contributed by atoms with Crippen LogP contribution in [0.2, 0.25) is 0 Å². The maximum atomic E-state index is 10.1. The molecular weight excluding hydrogens is 262 g/mol. The highest BCUT2D eigenvalue weighted by atomic mass is 16.8. The first-order valence-corrected chi connectivity index (χ1v) is 6.66. The van der Waals surface area contributed by atoms with Crippen molar-refractivity contribution in [3.05, 3.63) is 12.2 Å². The van der Waals surface area contributed by atoms with Crippen molar-refractivity contribution in [1.82, 2.24) is 0 Å². The molecule has 0 bridgehead atoms. The highest BCUT2D eigenvalue weighted by Gasteiger charge is 2.50. The second-order valence-electron chi connectivity index (χ2n) is 5.91. The molecule has 6 heteroatoms. The summed E-state index contributed by atoms with van der Waals surface area (Å²) in [7, 11) is 0. The van der Waals surface area contributed by atoms with E-state index in [1.807, 2.05) is 6.07 Å². The average molecular weight is 283 g/mol. The van der Waals surface area contributed by atoms with Crippen LogP contribution < -0.4 is 0 Å². The summed E-state index contributed by atoms with van der Waals surface area (Å²) in [4.78, 5) is 0. The number of allylic oxidation sites excluding steroid dienone is 1. The summed E-state index contributed by atoms with van der Waals surface area (Å²) in [5.74, 6) is -1.58. The van der Waals surface area contributed by atoms with E-state index in [2.05, 4.69) is 0 Å². The predicted molar refractivity (Wildman–Crippen MR) is 69.5 cm³/mol. The lowest BCUT2D eigenvalue weighted by Gasteiger charge is -2.41. The SMILES string of the molecule is CC1(C)OC[C@@H](O)[C@H]([C@@H]2OC(C)(C)O[C@@H]2/C=C\C#N)O1. The second kappa shape index (κ2) is 5.43. The summed E-state index contributed by atoms with van der Waals surface area (Å²) >= 11 is 0. The Morgan fingerprint density at radius 2 is 1.75 bits per heavy atom. The molecule has 2 saturated heterocycles. The highest BCUT2D eigenvalue weighted by molar-refractivity contribution is 5.10. The lowest BCUT2D eigenvalue weighted by Crippen LogP contribution is -2.55. The molecule has 0 unspecified atom stereocenters. The molecule has 112 valence electrons. The van der Waals surface area contributed by atoms with Crippen molar-refractivity contribution in [1.29, 1.82) is 5.26 Å². The van der Waals surface area contributed by atoms with Crippen molar-refractivity contribution in [2.45, 2.75) is 63.7 Å².